The van der Waals surface area contributed by atoms with Crippen molar-refractivity contribution in [3.63, 3.8) is 0 Å². The van der Waals surface area contributed by atoms with Gasteiger partial charge < -0.3 is 9.72 Å². The van der Waals surface area contributed by atoms with Crippen LogP contribution in [0.5, 0.6) is 0 Å². The fourth-order valence-corrected chi connectivity index (χ4v) is 5.29. The molecule has 1 atom stereocenters. The summed E-state index contributed by atoms with van der Waals surface area (Å²) in [6.07, 6.45) is 2.27. The number of aromatic amines is 1. The topological polar surface area (TPSA) is 88.9 Å². The summed E-state index contributed by atoms with van der Waals surface area (Å²) < 4.78 is 7.61. The van der Waals surface area contributed by atoms with E-state index in [1.807, 2.05) is 23.7 Å². The summed E-state index contributed by atoms with van der Waals surface area (Å²) in [6.45, 7) is 7.33. The number of benzene rings is 1. The van der Waals surface area contributed by atoms with Crippen molar-refractivity contribution in [2.45, 2.75) is 59.0 Å². The molecule has 0 amide bonds. The van der Waals surface area contributed by atoms with Crippen LogP contribution < -0.4 is 5.56 Å². The van der Waals surface area contributed by atoms with Crippen molar-refractivity contribution in [3.05, 3.63) is 73.5 Å². The zero-order chi connectivity index (χ0) is 22.8. The van der Waals surface area contributed by atoms with Crippen LogP contribution in [0.2, 0.25) is 0 Å². The molecule has 0 bridgehead atoms. The summed E-state index contributed by atoms with van der Waals surface area (Å²) in [5.41, 5.74) is 3.85. The Kier molecular flexibility index (Phi) is 6.34. The zero-order valence-electron chi connectivity index (χ0n) is 19.0. The van der Waals surface area contributed by atoms with Crippen LogP contribution in [0.4, 0.5) is 0 Å². The van der Waals surface area contributed by atoms with Crippen molar-refractivity contribution in [2.75, 3.05) is 6.61 Å². The molecule has 4 aromatic rings. The molecule has 5 rings (SSSR count). The van der Waals surface area contributed by atoms with Crippen molar-refractivity contribution >= 4 is 22.2 Å². The molecule has 172 valence electrons. The number of tetrazole rings is 1. The Labute approximate surface area is 196 Å². The van der Waals surface area contributed by atoms with Gasteiger partial charge in [0.05, 0.1) is 24.7 Å². The number of H-pyrrole nitrogens is 1. The van der Waals surface area contributed by atoms with Gasteiger partial charge in [-0.1, -0.05) is 17.7 Å². The average molecular weight is 465 g/mol. The highest BCUT2D eigenvalue weighted by molar-refractivity contribution is 7.09. The first-order valence-corrected chi connectivity index (χ1v) is 12.2. The van der Waals surface area contributed by atoms with E-state index in [4.69, 9.17) is 4.74 Å². The number of rotatable bonds is 8. The van der Waals surface area contributed by atoms with Crippen molar-refractivity contribution < 1.29 is 4.74 Å². The third-order valence-electron chi connectivity index (χ3n) is 6.10. The van der Waals surface area contributed by atoms with E-state index in [0.29, 0.717) is 19.6 Å². The molecule has 3 aromatic heterocycles. The fourth-order valence-electron chi connectivity index (χ4n) is 4.54. The van der Waals surface area contributed by atoms with Gasteiger partial charge in [-0.3, -0.25) is 9.69 Å². The molecule has 1 saturated heterocycles. The van der Waals surface area contributed by atoms with Crippen LogP contribution in [0.25, 0.3) is 10.9 Å². The Morgan fingerprint density at radius 1 is 1.24 bits per heavy atom. The van der Waals surface area contributed by atoms with E-state index < -0.39 is 0 Å². The van der Waals surface area contributed by atoms with Gasteiger partial charge in [-0.2, -0.15) is 0 Å². The van der Waals surface area contributed by atoms with Gasteiger partial charge in [-0.25, -0.2) is 4.68 Å². The lowest BCUT2D eigenvalue weighted by atomic mass is 10.1. The molecule has 1 unspecified atom stereocenters. The molecule has 0 spiro atoms. The van der Waals surface area contributed by atoms with Gasteiger partial charge in [0.15, 0.2) is 5.82 Å². The van der Waals surface area contributed by atoms with Gasteiger partial charge in [0.2, 0.25) is 0 Å². The second-order valence-electron chi connectivity index (χ2n) is 8.81. The third-order valence-corrected chi connectivity index (χ3v) is 6.96. The maximum absolute atomic E-state index is 13.0. The van der Waals surface area contributed by atoms with Crippen LogP contribution >= 0.6 is 11.3 Å². The van der Waals surface area contributed by atoms with E-state index in [1.165, 1.54) is 10.4 Å². The molecule has 1 fully saturated rings. The van der Waals surface area contributed by atoms with Gasteiger partial charge in [0.1, 0.15) is 0 Å². The van der Waals surface area contributed by atoms with E-state index in [-0.39, 0.29) is 11.7 Å². The zero-order valence-corrected chi connectivity index (χ0v) is 19.8. The molecular formula is C24H28N6O2S. The monoisotopic (exact) mass is 464 g/mol. The number of hydrogen-bond acceptors (Lipinski definition) is 7. The first-order chi connectivity index (χ1) is 16.0. The lowest BCUT2D eigenvalue weighted by molar-refractivity contribution is 0.0915. The minimum Gasteiger partial charge on any atom is -0.376 e. The Hall–Kier alpha value is -2.88. The van der Waals surface area contributed by atoms with Gasteiger partial charge in [-0.15, -0.1) is 16.4 Å². The summed E-state index contributed by atoms with van der Waals surface area (Å²) >= 11 is 1.71. The molecule has 1 aliphatic heterocycles. The standard InChI is InChI=1S/C24H28N6O2S/c1-16-9-17(2)23-18(10-16)11-19(24(31)25-23)12-29(14-21-6-4-8-33-21)15-22-26-27-28-30(22)13-20-5-3-7-32-20/h4,6,8-11,20H,3,5,7,12-15H2,1-2H3,(H,25,31). The summed E-state index contributed by atoms with van der Waals surface area (Å²) in [6, 6.07) is 10.4. The Morgan fingerprint density at radius 2 is 2.15 bits per heavy atom. The van der Waals surface area contributed by atoms with Crippen molar-refractivity contribution in [1.29, 1.82) is 0 Å². The number of fused-ring (bicyclic) bond motifs is 1. The highest BCUT2D eigenvalue weighted by atomic mass is 32.1. The van der Waals surface area contributed by atoms with Crippen LogP contribution in [0.1, 0.15) is 40.2 Å². The Bertz CT molecular complexity index is 1290. The molecule has 0 aliphatic carbocycles. The number of aryl methyl sites for hydroxylation is 2. The van der Waals surface area contributed by atoms with Crippen LogP contribution in [-0.4, -0.2) is 42.8 Å². The number of ether oxygens (including phenoxy) is 1. The molecule has 1 aromatic carbocycles. The molecular weight excluding hydrogens is 436 g/mol. The molecule has 4 heterocycles. The Balaban J connectivity index is 1.42. The number of nitrogens with one attached hydrogen (secondary N) is 1. The summed E-state index contributed by atoms with van der Waals surface area (Å²) in [5.74, 6) is 0.783. The predicted octanol–water partition coefficient (Wildman–Crippen LogP) is 3.57. The highest BCUT2D eigenvalue weighted by Gasteiger charge is 2.21. The maximum atomic E-state index is 13.0. The fraction of sp³-hybridized carbons (Fsp3) is 0.417. The minimum atomic E-state index is -0.0513. The number of nitrogens with zero attached hydrogens (tertiary/aromatic N) is 5. The second kappa shape index (κ2) is 9.54. The first kappa shape index (κ1) is 21.9. The molecule has 8 nitrogen and oxygen atoms in total. The number of pyridine rings is 1. The van der Waals surface area contributed by atoms with Crippen molar-refractivity contribution in [2.24, 2.45) is 0 Å². The number of hydrogen-bond donors (Lipinski definition) is 1. The van der Waals surface area contributed by atoms with Crippen LogP contribution in [-0.2, 0) is 30.9 Å². The second-order valence-corrected chi connectivity index (χ2v) is 9.84. The largest absolute Gasteiger partial charge is 0.376 e. The first-order valence-electron chi connectivity index (χ1n) is 11.3. The van der Waals surface area contributed by atoms with Crippen LogP contribution in [0.3, 0.4) is 0 Å². The van der Waals surface area contributed by atoms with Crippen molar-refractivity contribution in [1.82, 2.24) is 30.1 Å². The summed E-state index contributed by atoms with van der Waals surface area (Å²) in [4.78, 5) is 19.5. The quantitative estimate of drug-likeness (QED) is 0.429. The van der Waals surface area contributed by atoms with Gasteiger partial charge >= 0.3 is 0 Å². The number of aromatic nitrogens is 5. The van der Waals surface area contributed by atoms with E-state index >= 15 is 0 Å². The van der Waals surface area contributed by atoms with Crippen LogP contribution in [0.15, 0.2) is 40.5 Å². The van der Waals surface area contributed by atoms with Gasteiger partial charge in [0.25, 0.3) is 5.56 Å². The molecule has 0 radical (unpaired) electrons. The molecule has 9 heteroatoms. The van der Waals surface area contributed by atoms with Crippen molar-refractivity contribution in [3.8, 4) is 0 Å². The molecule has 33 heavy (non-hydrogen) atoms. The van der Waals surface area contributed by atoms with E-state index in [2.05, 4.69) is 55.9 Å². The van der Waals surface area contributed by atoms with Gasteiger partial charge in [0, 0.05) is 30.1 Å². The average Bonchev–Trinajstić information content (AvgIpc) is 3.54. The Morgan fingerprint density at radius 3 is 2.94 bits per heavy atom. The molecule has 0 saturated carbocycles. The van der Waals surface area contributed by atoms with E-state index in [1.54, 1.807) is 11.3 Å². The number of thiophene rings is 1. The summed E-state index contributed by atoms with van der Waals surface area (Å²) in [7, 11) is 0. The highest BCUT2D eigenvalue weighted by Crippen LogP contribution is 2.21. The minimum absolute atomic E-state index is 0.0513. The van der Waals surface area contributed by atoms with Gasteiger partial charge in [-0.05, 0) is 71.6 Å². The third kappa shape index (κ3) is 5.05. The molecule has 1 aliphatic rings. The lowest BCUT2D eigenvalue weighted by Crippen LogP contribution is -2.28. The smallest absolute Gasteiger partial charge is 0.252 e. The lowest BCUT2D eigenvalue weighted by Gasteiger charge is -2.21. The normalized spacial score (nSPS) is 16.3. The van der Waals surface area contributed by atoms with E-state index in [9.17, 15) is 4.79 Å². The summed E-state index contributed by atoms with van der Waals surface area (Å²) in [5, 5.41) is 15.5. The molecule has 1 N–H and O–H groups in total. The van der Waals surface area contributed by atoms with E-state index in [0.717, 1.165) is 53.8 Å². The SMILES string of the molecule is Cc1cc(C)c2[nH]c(=O)c(CN(Cc3cccs3)Cc3nnnn3CC3CCCO3)cc2c1. The predicted molar refractivity (Wildman–Crippen MR) is 128 cm³/mol. The maximum Gasteiger partial charge on any atom is 0.252 e. The van der Waals surface area contributed by atoms with Crippen LogP contribution in [0, 0.1) is 13.8 Å².